The van der Waals surface area contributed by atoms with E-state index in [-0.39, 0.29) is 19.5 Å². The van der Waals surface area contributed by atoms with Crippen LogP contribution in [0.1, 0.15) is 18.9 Å². The molecule has 2 aromatic carbocycles. The molecule has 0 fully saturated rings. The van der Waals surface area contributed by atoms with Gasteiger partial charge in [0, 0.05) is 13.1 Å². The van der Waals surface area contributed by atoms with Crippen molar-refractivity contribution in [2.75, 3.05) is 6.54 Å². The molecule has 0 bridgehead atoms. The second-order valence-electron chi connectivity index (χ2n) is 5.73. The predicted octanol–water partition coefficient (Wildman–Crippen LogP) is 3.24. The molecule has 0 saturated carbocycles. The lowest BCUT2D eigenvalue weighted by molar-refractivity contribution is -0.141. The summed E-state index contributed by atoms with van der Waals surface area (Å²) in [4.78, 5) is 24.8. The van der Waals surface area contributed by atoms with E-state index in [1.54, 1.807) is 31.2 Å². The maximum atomic E-state index is 13.4. The number of carbonyl (C=O) groups is 2. The molecule has 1 amide bonds. The fourth-order valence-electron chi connectivity index (χ4n) is 2.37. The summed E-state index contributed by atoms with van der Waals surface area (Å²) in [6.45, 7) is 1.43. The number of nitrogens with zero attached hydrogens (tertiary/aromatic N) is 1. The van der Waals surface area contributed by atoms with Crippen LogP contribution in [0.15, 0.2) is 48.5 Å². The minimum atomic E-state index is -1.07. The van der Waals surface area contributed by atoms with E-state index in [1.165, 1.54) is 11.0 Å². The number of benzene rings is 2. The van der Waals surface area contributed by atoms with Gasteiger partial charge in [0.1, 0.15) is 5.75 Å². The molecule has 0 spiro atoms. The minimum absolute atomic E-state index is 0.0498. The molecule has 5 nitrogen and oxygen atoms in total. The molecule has 0 aromatic heterocycles. The van der Waals surface area contributed by atoms with Gasteiger partial charge in [-0.25, -0.2) is 8.78 Å². The molecule has 0 heterocycles. The smallest absolute Gasteiger partial charge is 0.305 e. The number of carbonyl (C=O) groups excluding carboxylic acids is 1. The number of carboxylic acid groups (broad SMARTS) is 1. The van der Waals surface area contributed by atoms with Crippen LogP contribution in [0.5, 0.6) is 5.75 Å². The van der Waals surface area contributed by atoms with Gasteiger partial charge in [-0.1, -0.05) is 24.3 Å². The second kappa shape index (κ2) is 8.94. The Morgan fingerprint density at radius 1 is 1.12 bits per heavy atom. The van der Waals surface area contributed by atoms with Crippen LogP contribution in [0, 0.1) is 11.6 Å². The summed E-state index contributed by atoms with van der Waals surface area (Å²) in [5, 5.41) is 8.89. The topological polar surface area (TPSA) is 66.8 Å². The van der Waals surface area contributed by atoms with E-state index in [4.69, 9.17) is 9.84 Å². The highest BCUT2D eigenvalue weighted by Crippen LogP contribution is 2.15. The van der Waals surface area contributed by atoms with Crippen molar-refractivity contribution in [3.8, 4) is 5.75 Å². The number of hydrogen-bond acceptors (Lipinski definition) is 3. The Hall–Kier alpha value is -2.96. The van der Waals surface area contributed by atoms with E-state index in [2.05, 4.69) is 0 Å². The van der Waals surface area contributed by atoms with Gasteiger partial charge in [-0.2, -0.15) is 0 Å². The molecule has 0 aliphatic carbocycles. The Morgan fingerprint density at radius 3 is 2.42 bits per heavy atom. The summed E-state index contributed by atoms with van der Waals surface area (Å²) >= 11 is 0. The molecule has 1 atom stereocenters. The van der Waals surface area contributed by atoms with Crippen LogP contribution in [0.3, 0.4) is 0 Å². The van der Waals surface area contributed by atoms with Crippen molar-refractivity contribution in [3.63, 3.8) is 0 Å². The zero-order valence-electron chi connectivity index (χ0n) is 14.2. The van der Waals surface area contributed by atoms with Gasteiger partial charge in [0.25, 0.3) is 5.91 Å². The highest BCUT2D eigenvalue weighted by molar-refractivity contribution is 5.81. The van der Waals surface area contributed by atoms with Crippen LogP contribution in [0.4, 0.5) is 8.78 Å². The monoisotopic (exact) mass is 363 g/mol. The van der Waals surface area contributed by atoms with E-state index < -0.39 is 29.6 Å². The van der Waals surface area contributed by atoms with Crippen molar-refractivity contribution >= 4 is 11.9 Å². The Balaban J connectivity index is 2.12. The van der Waals surface area contributed by atoms with E-state index in [9.17, 15) is 18.4 Å². The molecule has 0 aliphatic rings. The molecule has 7 heteroatoms. The van der Waals surface area contributed by atoms with Gasteiger partial charge < -0.3 is 14.7 Å². The van der Waals surface area contributed by atoms with Gasteiger partial charge in [0.2, 0.25) is 0 Å². The van der Waals surface area contributed by atoms with E-state index in [0.717, 1.165) is 12.1 Å². The van der Waals surface area contributed by atoms with Crippen molar-refractivity contribution in [1.82, 2.24) is 4.90 Å². The molecule has 2 rings (SSSR count). The second-order valence-corrected chi connectivity index (χ2v) is 5.73. The van der Waals surface area contributed by atoms with Crippen LogP contribution in [-0.4, -0.2) is 34.5 Å². The summed E-state index contributed by atoms with van der Waals surface area (Å²) in [6.07, 6.45) is -1.13. The van der Waals surface area contributed by atoms with Crippen molar-refractivity contribution in [2.24, 2.45) is 0 Å². The van der Waals surface area contributed by atoms with Crippen LogP contribution in [0.2, 0.25) is 0 Å². The van der Waals surface area contributed by atoms with E-state index in [1.807, 2.05) is 6.07 Å². The van der Waals surface area contributed by atoms with Crippen molar-refractivity contribution in [1.29, 1.82) is 0 Å². The standard InChI is InChI=1S/C19H19F2NO4/c1-13(26-15-5-3-2-4-6-15)19(25)22(10-9-18(23)24)12-14-7-8-16(20)17(21)11-14/h2-8,11,13H,9-10,12H2,1H3,(H,23,24)/t13-/m1/s1. The predicted molar refractivity (Wildman–Crippen MR) is 90.6 cm³/mol. The third-order valence-corrected chi connectivity index (χ3v) is 3.67. The summed E-state index contributed by atoms with van der Waals surface area (Å²) in [7, 11) is 0. The average molecular weight is 363 g/mol. The first kappa shape index (κ1) is 19.4. The number of amides is 1. The first-order valence-electron chi connectivity index (χ1n) is 8.03. The quantitative estimate of drug-likeness (QED) is 0.782. The molecular weight excluding hydrogens is 344 g/mol. The third kappa shape index (κ3) is 5.54. The molecule has 1 N–H and O–H groups in total. The van der Waals surface area contributed by atoms with Crippen LogP contribution >= 0.6 is 0 Å². The zero-order valence-corrected chi connectivity index (χ0v) is 14.2. The van der Waals surface area contributed by atoms with Gasteiger partial charge in [-0.15, -0.1) is 0 Å². The van der Waals surface area contributed by atoms with Gasteiger partial charge in [-0.05, 0) is 36.8 Å². The van der Waals surface area contributed by atoms with Crippen molar-refractivity contribution < 1.29 is 28.2 Å². The number of para-hydroxylation sites is 1. The molecule has 0 unspecified atom stereocenters. The maximum absolute atomic E-state index is 13.4. The number of halogens is 2. The molecular formula is C19H19F2NO4. The summed E-state index contributed by atoms with van der Waals surface area (Å²) in [5.74, 6) is -3.02. The highest BCUT2D eigenvalue weighted by Gasteiger charge is 2.23. The third-order valence-electron chi connectivity index (χ3n) is 3.67. The van der Waals surface area contributed by atoms with E-state index in [0.29, 0.717) is 11.3 Å². The molecule has 0 aliphatic heterocycles. The van der Waals surface area contributed by atoms with Crippen LogP contribution in [0.25, 0.3) is 0 Å². The Labute approximate surface area is 149 Å². The summed E-state index contributed by atoms with van der Waals surface area (Å²) in [5.41, 5.74) is 0.356. The largest absolute Gasteiger partial charge is 0.481 e. The van der Waals surface area contributed by atoms with Crippen LogP contribution in [-0.2, 0) is 16.1 Å². The van der Waals surface area contributed by atoms with Crippen molar-refractivity contribution in [2.45, 2.75) is 26.0 Å². The number of ether oxygens (including phenoxy) is 1. The Bertz CT molecular complexity index is 767. The Kier molecular flexibility index (Phi) is 6.66. The first-order chi connectivity index (χ1) is 12.4. The lowest BCUT2D eigenvalue weighted by Crippen LogP contribution is -2.41. The summed E-state index contributed by atoms with van der Waals surface area (Å²) < 4.78 is 32.0. The number of rotatable bonds is 8. The maximum Gasteiger partial charge on any atom is 0.305 e. The molecule has 2 aromatic rings. The minimum Gasteiger partial charge on any atom is -0.481 e. The number of hydrogen-bond donors (Lipinski definition) is 1. The molecule has 0 radical (unpaired) electrons. The van der Waals surface area contributed by atoms with Crippen molar-refractivity contribution in [3.05, 3.63) is 65.7 Å². The van der Waals surface area contributed by atoms with Gasteiger partial charge in [0.15, 0.2) is 17.7 Å². The van der Waals surface area contributed by atoms with Gasteiger partial charge in [0.05, 0.1) is 6.42 Å². The fourth-order valence-corrected chi connectivity index (χ4v) is 2.37. The molecule has 138 valence electrons. The number of carboxylic acids is 1. The Morgan fingerprint density at radius 2 is 1.81 bits per heavy atom. The molecule has 0 saturated heterocycles. The zero-order chi connectivity index (χ0) is 19.1. The molecule has 26 heavy (non-hydrogen) atoms. The van der Waals surface area contributed by atoms with Gasteiger partial charge >= 0.3 is 5.97 Å². The summed E-state index contributed by atoms with van der Waals surface area (Å²) in [6, 6.07) is 12.0. The highest BCUT2D eigenvalue weighted by atomic mass is 19.2. The SMILES string of the molecule is C[C@@H](Oc1ccccc1)C(=O)N(CCC(=O)O)Cc1ccc(F)c(F)c1. The average Bonchev–Trinajstić information content (AvgIpc) is 2.61. The lowest BCUT2D eigenvalue weighted by atomic mass is 10.2. The normalized spacial score (nSPS) is 11.7. The van der Waals surface area contributed by atoms with Crippen LogP contribution < -0.4 is 4.74 Å². The lowest BCUT2D eigenvalue weighted by Gasteiger charge is -2.26. The van der Waals surface area contributed by atoms with E-state index >= 15 is 0 Å². The van der Waals surface area contributed by atoms with Gasteiger partial charge in [-0.3, -0.25) is 9.59 Å². The first-order valence-corrected chi connectivity index (χ1v) is 8.03. The number of aliphatic carboxylic acids is 1. The fraction of sp³-hybridized carbons (Fsp3) is 0.263.